The van der Waals surface area contributed by atoms with Crippen LogP contribution in [-0.4, -0.2) is 53.1 Å². The van der Waals surface area contributed by atoms with Gasteiger partial charge in [0.25, 0.3) is 0 Å². The smallest absolute Gasteiger partial charge is 0.544 e. The van der Waals surface area contributed by atoms with Crippen molar-refractivity contribution in [1.82, 2.24) is 4.90 Å². The minimum atomic E-state index is -8.00. The first-order valence-electron chi connectivity index (χ1n) is 5.38. The first kappa shape index (κ1) is 27.0. The molecule has 1 saturated heterocycles. The number of nitrogens with zero attached hydrogens (tertiary/aromatic N) is 1. The molecule has 0 N–H and O–H groups in total. The normalized spacial score (nSPS) is 26.6. The third-order valence-corrected chi connectivity index (χ3v) is 2.87. The SMILES string of the molecule is O=C([O-])C(F)(F)C(F)(N1C(F)(F)C(F)(F)OC(F)(F)C1(F)F)C(F)(F)F.[K+]. The number of halogens is 14. The van der Waals surface area contributed by atoms with E-state index in [1.807, 2.05) is 0 Å². The van der Waals surface area contributed by atoms with Crippen LogP contribution < -0.4 is 56.5 Å². The topological polar surface area (TPSA) is 52.6 Å². The molecule has 0 aromatic heterocycles. The van der Waals surface area contributed by atoms with Crippen molar-refractivity contribution in [2.45, 2.75) is 42.2 Å². The Labute approximate surface area is 179 Å². The van der Waals surface area contributed by atoms with Crippen LogP contribution in [0.5, 0.6) is 0 Å². The number of carbonyl (C=O) groups is 1. The van der Waals surface area contributed by atoms with Crippen molar-refractivity contribution in [3.8, 4) is 0 Å². The van der Waals surface area contributed by atoms with E-state index in [0.717, 1.165) is 0 Å². The van der Waals surface area contributed by atoms with Crippen LogP contribution >= 0.6 is 0 Å². The zero-order chi connectivity index (χ0) is 21.4. The van der Waals surface area contributed by atoms with Gasteiger partial charge in [-0.05, 0) is 0 Å². The summed E-state index contributed by atoms with van der Waals surface area (Å²) in [7, 11) is 0. The standard InChI is InChI=1S/C8HF14NO3.K/c9-2(10,1(24)25)3(11,4(12,13)14)23-5(15,16)7(19,20)26-8(21,22)6(23,17)18;/h(H,24,25);/q;+1/p-1. The van der Waals surface area contributed by atoms with Crippen LogP contribution in [0.3, 0.4) is 0 Å². The molecule has 0 radical (unpaired) electrons. The van der Waals surface area contributed by atoms with Gasteiger partial charge in [-0.25, -0.2) is 9.13 Å². The summed E-state index contributed by atoms with van der Waals surface area (Å²) in [5.41, 5.74) is 0. The average molecular weight is 463 g/mol. The Bertz CT molecular complexity index is 580. The fraction of sp³-hybridized carbons (Fsp3) is 0.875. The van der Waals surface area contributed by atoms with E-state index in [1.54, 1.807) is 4.74 Å². The molecule has 1 rings (SSSR count). The van der Waals surface area contributed by atoms with Gasteiger partial charge >= 0.3 is 93.6 Å². The van der Waals surface area contributed by atoms with Gasteiger partial charge in [-0.15, -0.1) is 4.90 Å². The monoisotopic (exact) mass is 463 g/mol. The van der Waals surface area contributed by atoms with Crippen LogP contribution in [0.4, 0.5) is 61.5 Å². The van der Waals surface area contributed by atoms with Crippen molar-refractivity contribution in [2.24, 2.45) is 0 Å². The number of ether oxygens (including phenoxy) is 1. The maximum absolute atomic E-state index is 13.8. The number of carboxylic acids is 1. The molecular weight excluding hydrogens is 463 g/mol. The van der Waals surface area contributed by atoms with E-state index >= 15 is 0 Å². The molecular formula is C8F14KNO3. The van der Waals surface area contributed by atoms with Crippen LogP contribution in [0.1, 0.15) is 0 Å². The maximum atomic E-state index is 13.8. The minimum Gasteiger partial charge on any atom is -0.544 e. The molecule has 0 aromatic carbocycles. The number of morpholine rings is 1. The largest absolute Gasteiger partial charge is 1.00 e. The molecule has 0 aromatic rings. The Morgan fingerprint density at radius 1 is 0.778 bits per heavy atom. The molecule has 19 heteroatoms. The van der Waals surface area contributed by atoms with E-state index in [0.29, 0.717) is 0 Å². The summed E-state index contributed by atoms with van der Waals surface area (Å²) in [6.45, 7) is 0. The third kappa shape index (κ3) is 3.45. The molecule has 1 atom stereocenters. The zero-order valence-corrected chi connectivity index (χ0v) is 15.1. The Morgan fingerprint density at radius 2 is 1.07 bits per heavy atom. The van der Waals surface area contributed by atoms with Gasteiger partial charge in [0.15, 0.2) is 0 Å². The number of carboxylic acid groups (broad SMARTS) is 1. The summed E-state index contributed by atoms with van der Waals surface area (Å²) in [4.78, 5) is 5.69. The van der Waals surface area contributed by atoms with Crippen molar-refractivity contribution in [2.75, 3.05) is 0 Å². The molecule has 0 aliphatic carbocycles. The molecule has 1 heterocycles. The van der Waals surface area contributed by atoms with Crippen molar-refractivity contribution in [1.29, 1.82) is 0 Å². The van der Waals surface area contributed by atoms with E-state index in [-0.39, 0.29) is 51.4 Å². The van der Waals surface area contributed by atoms with Crippen molar-refractivity contribution < 1.29 is 127 Å². The molecule has 1 aliphatic rings. The second-order valence-electron chi connectivity index (χ2n) is 4.54. The van der Waals surface area contributed by atoms with Crippen LogP contribution in [-0.2, 0) is 9.53 Å². The van der Waals surface area contributed by atoms with E-state index in [1.165, 1.54) is 0 Å². The average Bonchev–Trinajstić information content (AvgIpc) is 2.33. The number of alkyl halides is 14. The Kier molecular flexibility index (Phi) is 6.80. The molecule has 1 unspecified atom stereocenters. The van der Waals surface area contributed by atoms with E-state index in [2.05, 4.69) is 0 Å². The van der Waals surface area contributed by atoms with E-state index in [4.69, 9.17) is 0 Å². The summed E-state index contributed by atoms with van der Waals surface area (Å²) >= 11 is 0. The van der Waals surface area contributed by atoms with Gasteiger partial charge < -0.3 is 9.90 Å². The Hall–Kier alpha value is 0.0464. The van der Waals surface area contributed by atoms with E-state index in [9.17, 15) is 71.4 Å². The van der Waals surface area contributed by atoms with Gasteiger partial charge in [-0.3, -0.25) is 0 Å². The molecule has 4 nitrogen and oxygen atoms in total. The van der Waals surface area contributed by atoms with Crippen molar-refractivity contribution >= 4 is 5.97 Å². The number of aliphatic carboxylic acids is 1. The Morgan fingerprint density at radius 3 is 1.30 bits per heavy atom. The number of rotatable bonds is 3. The molecule has 0 spiro atoms. The van der Waals surface area contributed by atoms with Gasteiger partial charge in [0, 0.05) is 0 Å². The van der Waals surface area contributed by atoms with E-state index < -0.39 is 53.1 Å². The predicted molar refractivity (Wildman–Crippen MR) is 42.6 cm³/mol. The van der Waals surface area contributed by atoms with Crippen molar-refractivity contribution in [3.05, 3.63) is 0 Å². The first-order valence-corrected chi connectivity index (χ1v) is 5.38. The molecule has 0 bridgehead atoms. The fourth-order valence-electron chi connectivity index (χ4n) is 1.69. The van der Waals surface area contributed by atoms with Gasteiger partial charge in [0.2, 0.25) is 0 Å². The number of hydrogen-bond donors (Lipinski definition) is 0. The van der Waals surface area contributed by atoms with Crippen LogP contribution in [0.25, 0.3) is 0 Å². The van der Waals surface area contributed by atoms with Gasteiger partial charge in [0.1, 0.15) is 5.97 Å². The summed E-state index contributed by atoms with van der Waals surface area (Å²) in [6.07, 6.45) is -22.1. The molecule has 1 fully saturated rings. The van der Waals surface area contributed by atoms with Crippen molar-refractivity contribution in [3.63, 3.8) is 0 Å². The predicted octanol–water partition coefficient (Wildman–Crippen LogP) is -0.693. The summed E-state index contributed by atoms with van der Waals surface area (Å²) < 4.78 is 184. The zero-order valence-electron chi connectivity index (χ0n) is 12.0. The third-order valence-electron chi connectivity index (χ3n) is 2.87. The fourth-order valence-corrected chi connectivity index (χ4v) is 1.69. The molecule has 0 amide bonds. The molecule has 0 saturated carbocycles. The Balaban J connectivity index is 0.00000676. The summed E-state index contributed by atoms with van der Waals surface area (Å²) in [5, 5.41) is 9.98. The summed E-state index contributed by atoms with van der Waals surface area (Å²) in [5.74, 6) is -20.1. The molecule has 1 aliphatic heterocycles. The van der Waals surface area contributed by atoms with Gasteiger partial charge in [-0.1, -0.05) is 0 Å². The number of carbonyl (C=O) groups excluding carboxylic acids is 1. The van der Waals surface area contributed by atoms with Crippen LogP contribution in [0.15, 0.2) is 0 Å². The minimum absolute atomic E-state index is 0. The maximum Gasteiger partial charge on any atom is 1.00 e. The quantitative estimate of drug-likeness (QED) is 0.316. The van der Waals surface area contributed by atoms with Crippen LogP contribution in [0.2, 0.25) is 0 Å². The second-order valence-corrected chi connectivity index (χ2v) is 4.54. The van der Waals surface area contributed by atoms with Gasteiger partial charge in [-0.2, -0.15) is 57.1 Å². The molecule has 154 valence electrons. The second kappa shape index (κ2) is 6.79. The van der Waals surface area contributed by atoms with Gasteiger partial charge in [0.05, 0.1) is 0 Å². The molecule has 27 heavy (non-hydrogen) atoms. The first-order chi connectivity index (χ1) is 11.0. The van der Waals surface area contributed by atoms with Crippen LogP contribution in [0, 0.1) is 0 Å². The number of hydrogen-bond acceptors (Lipinski definition) is 4. The summed E-state index contributed by atoms with van der Waals surface area (Å²) in [6, 6.07) is -15.1.